The molecular weight excluding hydrogens is 192 g/mol. The van der Waals surface area contributed by atoms with Crippen molar-refractivity contribution in [3.63, 3.8) is 0 Å². The molecule has 1 atom stereocenters. The fraction of sp³-hybridized carbons (Fsp3) is 0.600. The van der Waals surface area contributed by atoms with Crippen LogP contribution in [0.15, 0.2) is 0 Å². The molecular formula is C10H18N4O. The van der Waals surface area contributed by atoms with Crippen LogP contribution in [0, 0.1) is 6.92 Å². The monoisotopic (exact) mass is 210 g/mol. The molecule has 15 heavy (non-hydrogen) atoms. The smallest absolute Gasteiger partial charge is 0.159 e. The second kappa shape index (κ2) is 5.04. The van der Waals surface area contributed by atoms with E-state index in [1.165, 1.54) is 0 Å². The van der Waals surface area contributed by atoms with Gasteiger partial charge in [-0.25, -0.2) is 15.8 Å². The van der Waals surface area contributed by atoms with E-state index in [-0.39, 0.29) is 6.10 Å². The third-order valence-corrected chi connectivity index (χ3v) is 2.44. The Balaban J connectivity index is 3.19. The quantitative estimate of drug-likeness (QED) is 0.579. The second-order valence-corrected chi connectivity index (χ2v) is 3.37. The molecule has 0 spiro atoms. The number of nitrogens with two attached hydrogens (primary N) is 1. The van der Waals surface area contributed by atoms with Crippen LogP contribution in [0.4, 0.5) is 5.82 Å². The molecule has 3 N–H and O–H groups in total. The predicted octanol–water partition coefficient (Wildman–Crippen LogP) is 1.34. The van der Waals surface area contributed by atoms with E-state index in [0.717, 1.165) is 17.7 Å². The molecule has 0 fully saturated rings. The predicted molar refractivity (Wildman–Crippen MR) is 59.4 cm³/mol. The fourth-order valence-electron chi connectivity index (χ4n) is 1.45. The minimum Gasteiger partial charge on any atom is -0.374 e. The Bertz CT molecular complexity index is 340. The lowest BCUT2D eigenvalue weighted by Crippen LogP contribution is -2.16. The lowest BCUT2D eigenvalue weighted by Gasteiger charge is -2.14. The zero-order chi connectivity index (χ0) is 11.4. The standard InChI is InChI=1S/C10H18N4O/c1-5-8-6(2)12-9(7(3)15-4)13-10(8)14-11/h7H,5,11H2,1-4H3,(H,12,13,14). The molecule has 0 aliphatic carbocycles. The molecule has 0 radical (unpaired) electrons. The van der Waals surface area contributed by atoms with Gasteiger partial charge in [0.2, 0.25) is 0 Å². The molecule has 0 aliphatic rings. The van der Waals surface area contributed by atoms with Crippen molar-refractivity contribution < 1.29 is 4.74 Å². The Labute approximate surface area is 90.0 Å². The maximum Gasteiger partial charge on any atom is 0.159 e. The lowest BCUT2D eigenvalue weighted by atomic mass is 10.1. The molecule has 0 saturated carbocycles. The highest BCUT2D eigenvalue weighted by Crippen LogP contribution is 2.19. The van der Waals surface area contributed by atoms with Gasteiger partial charge >= 0.3 is 0 Å². The molecule has 1 aromatic heterocycles. The van der Waals surface area contributed by atoms with Gasteiger partial charge in [-0.05, 0) is 20.3 Å². The molecule has 0 amide bonds. The topological polar surface area (TPSA) is 73.1 Å². The molecule has 5 heteroatoms. The molecule has 1 unspecified atom stereocenters. The van der Waals surface area contributed by atoms with Gasteiger partial charge in [-0.1, -0.05) is 6.92 Å². The first kappa shape index (κ1) is 11.9. The number of rotatable bonds is 4. The molecule has 0 bridgehead atoms. The lowest BCUT2D eigenvalue weighted by molar-refractivity contribution is 0.112. The normalized spacial score (nSPS) is 12.6. The number of nitrogens with zero attached hydrogens (tertiary/aromatic N) is 2. The first-order chi connectivity index (χ1) is 7.13. The van der Waals surface area contributed by atoms with Crippen molar-refractivity contribution in [1.82, 2.24) is 9.97 Å². The summed E-state index contributed by atoms with van der Waals surface area (Å²) in [6.45, 7) is 5.90. The van der Waals surface area contributed by atoms with Gasteiger partial charge in [-0.15, -0.1) is 0 Å². The number of aryl methyl sites for hydroxylation is 1. The maximum atomic E-state index is 5.42. The summed E-state index contributed by atoms with van der Waals surface area (Å²) >= 11 is 0. The van der Waals surface area contributed by atoms with Gasteiger partial charge in [0.05, 0.1) is 0 Å². The number of hydrogen-bond donors (Lipinski definition) is 2. The number of nitrogen functional groups attached to an aromatic ring is 1. The summed E-state index contributed by atoms with van der Waals surface area (Å²) in [7, 11) is 1.63. The van der Waals surface area contributed by atoms with Crippen molar-refractivity contribution in [3.05, 3.63) is 17.1 Å². The average molecular weight is 210 g/mol. The molecule has 0 saturated heterocycles. The van der Waals surface area contributed by atoms with Gasteiger partial charge in [0.25, 0.3) is 0 Å². The number of ether oxygens (including phenoxy) is 1. The van der Waals surface area contributed by atoms with Gasteiger partial charge in [-0.3, -0.25) is 0 Å². The number of anilines is 1. The van der Waals surface area contributed by atoms with E-state index in [9.17, 15) is 0 Å². The Morgan fingerprint density at radius 3 is 2.60 bits per heavy atom. The van der Waals surface area contributed by atoms with Crippen LogP contribution >= 0.6 is 0 Å². The van der Waals surface area contributed by atoms with E-state index in [1.54, 1.807) is 7.11 Å². The number of hydrogen-bond acceptors (Lipinski definition) is 5. The van der Waals surface area contributed by atoms with E-state index < -0.39 is 0 Å². The van der Waals surface area contributed by atoms with Gasteiger partial charge < -0.3 is 10.2 Å². The second-order valence-electron chi connectivity index (χ2n) is 3.37. The van der Waals surface area contributed by atoms with Crippen LogP contribution in [0.2, 0.25) is 0 Å². The van der Waals surface area contributed by atoms with Crippen molar-refractivity contribution in [3.8, 4) is 0 Å². The highest BCUT2D eigenvalue weighted by molar-refractivity contribution is 5.45. The third-order valence-electron chi connectivity index (χ3n) is 2.44. The third kappa shape index (κ3) is 2.43. The van der Waals surface area contributed by atoms with Crippen LogP contribution < -0.4 is 11.3 Å². The maximum absolute atomic E-state index is 5.42. The van der Waals surface area contributed by atoms with Gasteiger partial charge in [0.1, 0.15) is 11.9 Å². The molecule has 1 aromatic rings. The van der Waals surface area contributed by atoms with Gasteiger partial charge in [0, 0.05) is 18.4 Å². The molecule has 5 nitrogen and oxygen atoms in total. The SMILES string of the molecule is CCc1c(C)nc(C(C)OC)nc1NN. The van der Waals surface area contributed by atoms with Crippen molar-refractivity contribution in [1.29, 1.82) is 0 Å². The molecule has 84 valence electrons. The summed E-state index contributed by atoms with van der Waals surface area (Å²) in [4.78, 5) is 8.71. The largest absolute Gasteiger partial charge is 0.374 e. The van der Waals surface area contributed by atoms with Crippen molar-refractivity contribution >= 4 is 5.82 Å². The van der Waals surface area contributed by atoms with Crippen molar-refractivity contribution in [2.24, 2.45) is 5.84 Å². The number of aromatic nitrogens is 2. The summed E-state index contributed by atoms with van der Waals surface area (Å²) in [5.41, 5.74) is 4.59. The zero-order valence-electron chi connectivity index (χ0n) is 9.66. The molecule has 0 aliphatic heterocycles. The summed E-state index contributed by atoms with van der Waals surface area (Å²) in [5, 5.41) is 0. The van der Waals surface area contributed by atoms with Crippen LogP contribution in [-0.2, 0) is 11.2 Å². The molecule has 1 heterocycles. The summed E-state index contributed by atoms with van der Waals surface area (Å²) in [5.74, 6) is 6.76. The summed E-state index contributed by atoms with van der Waals surface area (Å²) in [6.07, 6.45) is 0.731. The van der Waals surface area contributed by atoms with Crippen LogP contribution in [0.5, 0.6) is 0 Å². The molecule has 0 aromatic carbocycles. The molecule has 1 rings (SSSR count). The highest BCUT2D eigenvalue weighted by atomic mass is 16.5. The summed E-state index contributed by atoms with van der Waals surface area (Å²) < 4.78 is 5.17. The van der Waals surface area contributed by atoms with Crippen LogP contribution in [0.1, 0.15) is 37.0 Å². The van der Waals surface area contributed by atoms with E-state index in [0.29, 0.717) is 11.6 Å². The minimum absolute atomic E-state index is 0.123. The summed E-state index contributed by atoms with van der Waals surface area (Å²) in [6, 6.07) is 0. The fourth-order valence-corrected chi connectivity index (χ4v) is 1.45. The van der Waals surface area contributed by atoms with Crippen LogP contribution in [-0.4, -0.2) is 17.1 Å². The van der Waals surface area contributed by atoms with E-state index >= 15 is 0 Å². The minimum atomic E-state index is -0.123. The highest BCUT2D eigenvalue weighted by Gasteiger charge is 2.13. The zero-order valence-corrected chi connectivity index (χ0v) is 9.66. The van der Waals surface area contributed by atoms with Crippen LogP contribution in [0.25, 0.3) is 0 Å². The number of nitrogens with one attached hydrogen (secondary N) is 1. The number of hydrazine groups is 1. The van der Waals surface area contributed by atoms with E-state index in [1.807, 2.05) is 20.8 Å². The van der Waals surface area contributed by atoms with E-state index in [2.05, 4.69) is 15.4 Å². The Kier molecular flexibility index (Phi) is 3.99. The number of methoxy groups -OCH3 is 1. The van der Waals surface area contributed by atoms with Gasteiger partial charge in [-0.2, -0.15) is 0 Å². The Morgan fingerprint density at radius 1 is 1.47 bits per heavy atom. The van der Waals surface area contributed by atoms with Crippen molar-refractivity contribution in [2.45, 2.75) is 33.3 Å². The average Bonchev–Trinajstić information content (AvgIpc) is 2.26. The first-order valence-corrected chi connectivity index (χ1v) is 5.00. The Morgan fingerprint density at radius 2 is 2.13 bits per heavy atom. The first-order valence-electron chi connectivity index (χ1n) is 5.00. The van der Waals surface area contributed by atoms with Crippen molar-refractivity contribution in [2.75, 3.05) is 12.5 Å². The van der Waals surface area contributed by atoms with Gasteiger partial charge in [0.15, 0.2) is 5.82 Å². The van der Waals surface area contributed by atoms with E-state index in [4.69, 9.17) is 10.6 Å². The van der Waals surface area contributed by atoms with Crippen LogP contribution in [0.3, 0.4) is 0 Å². The Hall–Kier alpha value is -1.20.